The van der Waals surface area contributed by atoms with Gasteiger partial charge in [0.1, 0.15) is 28.9 Å². The summed E-state index contributed by atoms with van der Waals surface area (Å²) in [5, 5.41) is 47.9. The maximum absolute atomic E-state index is 13.7. The van der Waals surface area contributed by atoms with Gasteiger partial charge < -0.3 is 36.3 Å². The van der Waals surface area contributed by atoms with Crippen LogP contribution in [0.15, 0.2) is 87.4 Å². The number of aromatic nitrogens is 6. The normalized spacial score (nSPS) is 16.8. The molecular weight excluding hydrogens is 792 g/mol. The number of aromatic hydroxyl groups is 1. The predicted octanol–water partition coefficient (Wildman–Crippen LogP) is -3.98. The van der Waals surface area contributed by atoms with Crippen LogP contribution in [0.1, 0.15) is 11.6 Å². The molecule has 21 nitrogen and oxygen atoms in total. The Balaban J connectivity index is 0.00000580. The number of nitrogens with zero attached hydrogens (tertiary/aromatic N) is 6. The summed E-state index contributed by atoms with van der Waals surface area (Å²) in [6.07, 6.45) is 2.41. The van der Waals surface area contributed by atoms with Gasteiger partial charge in [0.25, 0.3) is 11.5 Å². The van der Waals surface area contributed by atoms with Crippen LogP contribution in [-0.4, -0.2) is 95.3 Å². The van der Waals surface area contributed by atoms with E-state index in [9.17, 15) is 42.6 Å². The summed E-state index contributed by atoms with van der Waals surface area (Å²) in [6.45, 7) is 3.60. The summed E-state index contributed by atoms with van der Waals surface area (Å²) >= 11 is 2.34. The van der Waals surface area contributed by atoms with Crippen LogP contribution in [0.2, 0.25) is 0 Å². The molecule has 55 heavy (non-hydrogen) atoms. The van der Waals surface area contributed by atoms with Crippen molar-refractivity contribution in [3.63, 3.8) is 0 Å². The number of carbonyl (C=O) groups excluding carboxylic acids is 4. The van der Waals surface area contributed by atoms with Crippen LogP contribution in [0.4, 0.5) is 22.1 Å². The first-order chi connectivity index (χ1) is 25.7. The Labute approximate surface area is 340 Å². The van der Waals surface area contributed by atoms with Crippen LogP contribution >= 0.6 is 23.5 Å². The molecule has 4 heterocycles. The number of urea groups is 1. The van der Waals surface area contributed by atoms with Crippen molar-refractivity contribution in [2.45, 2.75) is 27.5 Å². The summed E-state index contributed by atoms with van der Waals surface area (Å²) in [5.41, 5.74) is -0.499. The summed E-state index contributed by atoms with van der Waals surface area (Å²) in [4.78, 5) is 72.5. The summed E-state index contributed by atoms with van der Waals surface area (Å²) in [7, 11) is -3.91. The van der Waals surface area contributed by atoms with Gasteiger partial charge in [-0.15, -0.1) is 16.9 Å². The van der Waals surface area contributed by atoms with Crippen molar-refractivity contribution in [3.05, 3.63) is 88.5 Å². The number of phenols is 1. The zero-order valence-electron chi connectivity index (χ0n) is 28.3. The van der Waals surface area contributed by atoms with Crippen LogP contribution in [0.25, 0.3) is 6.20 Å². The van der Waals surface area contributed by atoms with Crippen molar-refractivity contribution in [1.29, 1.82) is 0 Å². The molecule has 25 heteroatoms. The monoisotopic (exact) mass is 818 g/mol. The molecule has 3 atom stereocenters. The van der Waals surface area contributed by atoms with Crippen molar-refractivity contribution in [2.75, 3.05) is 22.1 Å². The van der Waals surface area contributed by atoms with Gasteiger partial charge >= 0.3 is 35.6 Å². The fourth-order valence-electron chi connectivity index (χ4n) is 5.23. The Morgan fingerprint density at radius 2 is 1.87 bits per heavy atom. The molecular formula is C30H27N12NaO9S3. The Hall–Kier alpha value is -5.24. The van der Waals surface area contributed by atoms with E-state index < -0.39 is 56.9 Å². The van der Waals surface area contributed by atoms with Gasteiger partial charge in [-0.05, 0) is 58.0 Å². The van der Waals surface area contributed by atoms with E-state index in [1.807, 2.05) is 0 Å². The molecule has 2 aromatic carbocycles. The van der Waals surface area contributed by atoms with Gasteiger partial charge in [0.05, 0.1) is 22.8 Å². The Bertz CT molecular complexity index is 2360. The van der Waals surface area contributed by atoms with Crippen LogP contribution < -0.4 is 66.6 Å². The zero-order chi connectivity index (χ0) is 38.7. The second-order valence-corrected chi connectivity index (χ2v) is 14.9. The van der Waals surface area contributed by atoms with E-state index in [4.69, 9.17) is 5.14 Å². The van der Waals surface area contributed by atoms with Crippen molar-refractivity contribution >= 4 is 80.9 Å². The summed E-state index contributed by atoms with van der Waals surface area (Å²) in [5.74, 6) is -3.04. The minimum absolute atomic E-state index is 0. The number of phenolic OH excluding ortho intramolecular Hbond substituents is 1. The number of nitrogens with two attached hydrogens (primary N) is 1. The number of carboxylic acid groups (broad SMARTS) is 1. The SMILES string of the molecule is C=Cn1nnnc1SCC1=C(C(=O)[O-])N2C(=O)C(NC(=O)C(NC(=O)Nc3cnc(Nc4ccc(S(N)(=O)=O)cc4)[nH]c3=O)c3ccc(O)cc3)[C@@H]2SC1.[Na+]. The smallest absolute Gasteiger partial charge is 0.543 e. The van der Waals surface area contributed by atoms with Gasteiger partial charge in [-0.1, -0.05) is 30.5 Å². The number of benzene rings is 2. The van der Waals surface area contributed by atoms with Crippen LogP contribution in [0.3, 0.4) is 0 Å². The number of H-pyrrole nitrogens is 1. The number of carboxylic acids is 1. The fraction of sp³-hybridized carbons (Fsp3) is 0.167. The summed E-state index contributed by atoms with van der Waals surface area (Å²) in [6, 6.07) is 6.89. The Morgan fingerprint density at radius 3 is 2.51 bits per heavy atom. The van der Waals surface area contributed by atoms with E-state index >= 15 is 0 Å². The van der Waals surface area contributed by atoms with Gasteiger partial charge in [0.2, 0.25) is 27.0 Å². The number of hydrogen-bond acceptors (Lipinski definition) is 16. The maximum atomic E-state index is 13.7. The second-order valence-electron chi connectivity index (χ2n) is 11.3. The molecule has 2 unspecified atom stereocenters. The first kappa shape index (κ1) is 40.9. The van der Waals surface area contributed by atoms with Gasteiger partial charge in [-0.3, -0.25) is 24.3 Å². The molecule has 280 valence electrons. The molecule has 2 aliphatic heterocycles. The Morgan fingerprint density at radius 1 is 1.16 bits per heavy atom. The van der Waals surface area contributed by atoms with E-state index in [1.54, 1.807) is 0 Å². The van der Waals surface area contributed by atoms with E-state index in [0.29, 0.717) is 16.4 Å². The number of hydrogen-bond donors (Lipinski definition) is 7. The molecule has 1 fully saturated rings. The number of β-lactam (4-membered cyclic amide) rings is 1. The predicted molar refractivity (Wildman–Crippen MR) is 191 cm³/mol. The molecule has 0 aliphatic carbocycles. The molecule has 0 saturated carbocycles. The van der Waals surface area contributed by atoms with Crippen LogP contribution in [-0.2, 0) is 24.4 Å². The van der Waals surface area contributed by atoms with Gasteiger partial charge in [-0.2, -0.15) is 4.68 Å². The van der Waals surface area contributed by atoms with Crippen molar-refractivity contribution in [3.8, 4) is 5.75 Å². The average Bonchev–Trinajstić information content (AvgIpc) is 3.60. The number of nitrogens with one attached hydrogen (secondary N) is 5. The first-order valence-electron chi connectivity index (χ1n) is 15.3. The number of primary sulfonamides is 1. The number of rotatable bonds is 13. The fourth-order valence-corrected chi connectivity index (χ4v) is 8.11. The molecule has 1 saturated heterocycles. The molecule has 0 bridgehead atoms. The number of aromatic amines is 1. The third-order valence-corrected chi connectivity index (χ3v) is 11.1. The van der Waals surface area contributed by atoms with Crippen molar-refractivity contribution in [2.24, 2.45) is 5.14 Å². The molecule has 0 radical (unpaired) electrons. The van der Waals surface area contributed by atoms with E-state index in [2.05, 4.69) is 53.3 Å². The molecule has 4 amide bonds. The maximum Gasteiger partial charge on any atom is 1.00 e. The molecule has 6 rings (SSSR count). The molecule has 8 N–H and O–H groups in total. The second kappa shape index (κ2) is 17.1. The van der Waals surface area contributed by atoms with Crippen LogP contribution in [0.5, 0.6) is 5.75 Å². The number of thioether (sulfide) groups is 2. The van der Waals surface area contributed by atoms with E-state index in [0.717, 1.165) is 22.9 Å². The minimum Gasteiger partial charge on any atom is -0.543 e. The van der Waals surface area contributed by atoms with Gasteiger partial charge in [-0.25, -0.2) is 23.3 Å². The zero-order valence-corrected chi connectivity index (χ0v) is 32.8. The van der Waals surface area contributed by atoms with Gasteiger partial charge in [0, 0.05) is 23.4 Å². The number of aliphatic carboxylic acids is 1. The molecule has 2 aromatic heterocycles. The largest absolute Gasteiger partial charge is 1.00 e. The first-order valence-corrected chi connectivity index (χ1v) is 18.9. The molecule has 0 spiro atoms. The van der Waals surface area contributed by atoms with Crippen molar-refractivity contribution in [1.82, 2.24) is 45.7 Å². The minimum atomic E-state index is -3.91. The standard InChI is InChI=1S/C30H28N12O9S3.Na/c1-2-41-30(38-39-40-41)53-13-15-12-52-26-21(25(46)42(26)22(15)27(47)48)35-24(45)20(14-3-7-17(43)8-4-14)36-29(49)34-19-11-32-28(37-23(19)44)33-16-5-9-18(10-6-16)54(31,50)51;/h2-11,20-21,26,43H,1,12-13H2,(H,35,45)(H,47,48)(H2,31,50,51)(H2,34,36,49)(H2,32,33,37,44);/q;+1/p-1/t20?,21?,26-;/m0./s1. The van der Waals surface area contributed by atoms with E-state index in [-0.39, 0.29) is 74.6 Å². The van der Waals surface area contributed by atoms with Crippen molar-refractivity contribution < 1.29 is 67.4 Å². The number of fused-ring (bicyclic) bond motifs is 1. The number of anilines is 3. The Kier molecular flexibility index (Phi) is 12.7. The number of sulfonamides is 1. The third-order valence-electron chi connectivity index (χ3n) is 7.81. The van der Waals surface area contributed by atoms with E-state index in [1.165, 1.54) is 71.2 Å². The summed E-state index contributed by atoms with van der Waals surface area (Å²) < 4.78 is 24.3. The number of tetrazole rings is 1. The van der Waals surface area contributed by atoms with Gasteiger partial charge in [0.15, 0.2) is 0 Å². The quantitative estimate of drug-likeness (QED) is 0.0384. The number of carbonyl (C=O) groups is 4. The number of amides is 4. The topological polar surface area (TPSA) is 312 Å². The third kappa shape index (κ3) is 9.18. The van der Waals surface area contributed by atoms with Crippen LogP contribution in [0, 0.1) is 0 Å². The molecule has 2 aliphatic rings. The average molecular weight is 819 g/mol. The molecule has 4 aromatic rings.